The minimum atomic E-state index is -2.44. The number of cyclic esters (lactones) is 1. The van der Waals surface area contributed by atoms with Gasteiger partial charge in [-0.15, -0.1) is 0 Å². The molecule has 64 heavy (non-hydrogen) atoms. The van der Waals surface area contributed by atoms with E-state index in [-0.39, 0.29) is 36.8 Å². The molecular formula is C49H78N2O13. The summed E-state index contributed by atoms with van der Waals surface area (Å²) in [5.41, 5.74) is 7.97. The highest BCUT2D eigenvalue weighted by molar-refractivity contribution is 6.39. The van der Waals surface area contributed by atoms with Gasteiger partial charge >= 0.3 is 5.97 Å². The zero-order valence-corrected chi connectivity index (χ0v) is 39.3. The Kier molecular flexibility index (Phi) is 20.6. The first-order valence-corrected chi connectivity index (χ1v) is 23.4. The van der Waals surface area contributed by atoms with E-state index in [1.165, 1.54) is 7.11 Å². The monoisotopic (exact) mass is 903 g/mol. The molecule has 3 heterocycles. The fourth-order valence-electron chi connectivity index (χ4n) is 9.81. The molecule has 15 nitrogen and oxygen atoms in total. The molecule has 0 aromatic rings. The molecule has 0 aromatic carbocycles. The van der Waals surface area contributed by atoms with Gasteiger partial charge in [-0.25, -0.2) is 4.79 Å². The smallest absolute Gasteiger partial charge is 0.329 e. The molecule has 16 atom stereocenters. The number of amides is 1. The average Bonchev–Trinajstić information content (AvgIpc) is 3.27. The number of rotatable bonds is 5. The van der Waals surface area contributed by atoms with Crippen LogP contribution < -0.4 is 5.73 Å². The van der Waals surface area contributed by atoms with Crippen LogP contribution in [0, 0.1) is 29.6 Å². The number of aliphatic hydroxyl groups is 5. The van der Waals surface area contributed by atoms with Crippen molar-refractivity contribution in [2.24, 2.45) is 35.3 Å². The van der Waals surface area contributed by atoms with E-state index in [2.05, 4.69) is 0 Å². The van der Waals surface area contributed by atoms with Gasteiger partial charge in [0.05, 0.1) is 30.5 Å². The first-order chi connectivity index (χ1) is 30.2. The van der Waals surface area contributed by atoms with Crippen molar-refractivity contribution in [3.8, 4) is 0 Å². The summed E-state index contributed by atoms with van der Waals surface area (Å²) < 4.78 is 23.6. The highest BCUT2D eigenvalue weighted by atomic mass is 16.6. The average molecular weight is 903 g/mol. The number of nitrogens with zero attached hydrogens (tertiary/aromatic N) is 1. The van der Waals surface area contributed by atoms with Gasteiger partial charge in [-0.2, -0.15) is 0 Å². The molecule has 0 unspecified atom stereocenters. The number of hydrogen-bond acceptors (Lipinski definition) is 14. The van der Waals surface area contributed by atoms with Crippen molar-refractivity contribution in [2.45, 2.75) is 185 Å². The summed E-state index contributed by atoms with van der Waals surface area (Å²) in [6, 6.07) is -1.97. The van der Waals surface area contributed by atoms with E-state index in [0.717, 1.165) is 10.5 Å². The molecule has 3 fully saturated rings. The highest BCUT2D eigenvalue weighted by Crippen LogP contribution is 2.37. The van der Waals surface area contributed by atoms with Gasteiger partial charge in [-0.05, 0) is 101 Å². The lowest BCUT2D eigenvalue weighted by Gasteiger charge is -2.42. The van der Waals surface area contributed by atoms with Crippen LogP contribution in [0.25, 0.3) is 0 Å². The molecule has 15 heteroatoms. The van der Waals surface area contributed by atoms with E-state index in [4.69, 9.17) is 24.7 Å². The predicted molar refractivity (Wildman–Crippen MR) is 240 cm³/mol. The number of carbonyl (C=O) groups is 4. The summed E-state index contributed by atoms with van der Waals surface area (Å²) in [6.45, 7) is 10.6. The minimum absolute atomic E-state index is 0.00677. The van der Waals surface area contributed by atoms with Crippen molar-refractivity contribution in [1.82, 2.24) is 4.90 Å². The summed E-state index contributed by atoms with van der Waals surface area (Å²) in [5.74, 6) is -7.94. The summed E-state index contributed by atoms with van der Waals surface area (Å²) in [6.07, 6.45) is 8.23. The SMILES string of the molecule is CO[C@H]1C[C@@H]2CC[C@@H](C)[C@@](O)(O2)C(=O)C(=O)N2CCCC[C@H]2C(=O)O[C@H]([C@H](N)C[C@@H]2CC[C@@H](O)[C@H](OC)C2)C[C@@H](O)[C@H](C)/C=C(\C)[C@@H](O)[C@@H](O)C(=O)[C@H](C)C[C@H](C)/C=C/C=CC=C1C. The minimum Gasteiger partial charge on any atom is -0.459 e. The van der Waals surface area contributed by atoms with Gasteiger partial charge in [0, 0.05) is 57.4 Å². The lowest BCUT2D eigenvalue weighted by Crippen LogP contribution is -2.61. The van der Waals surface area contributed by atoms with E-state index < -0.39 is 108 Å². The van der Waals surface area contributed by atoms with E-state index in [1.54, 1.807) is 40.9 Å². The number of methoxy groups -OCH3 is 2. The summed E-state index contributed by atoms with van der Waals surface area (Å²) in [7, 11) is 3.10. The van der Waals surface area contributed by atoms with Crippen LogP contribution in [0.1, 0.15) is 119 Å². The first-order valence-electron chi connectivity index (χ1n) is 23.4. The Bertz CT molecular complexity index is 1700. The Morgan fingerprint density at radius 2 is 1.55 bits per heavy atom. The molecule has 362 valence electrons. The van der Waals surface area contributed by atoms with Crippen LogP contribution in [0.2, 0.25) is 0 Å². The largest absolute Gasteiger partial charge is 0.459 e. The second kappa shape index (κ2) is 24.6. The lowest BCUT2D eigenvalue weighted by molar-refractivity contribution is -0.265. The predicted octanol–water partition coefficient (Wildman–Crippen LogP) is 4.01. The topological polar surface area (TPSA) is 236 Å². The molecule has 4 aliphatic rings. The van der Waals surface area contributed by atoms with Crippen molar-refractivity contribution >= 4 is 23.4 Å². The zero-order valence-electron chi connectivity index (χ0n) is 39.3. The van der Waals surface area contributed by atoms with Crippen molar-refractivity contribution in [3.63, 3.8) is 0 Å². The third-order valence-corrected chi connectivity index (χ3v) is 14.2. The quantitative estimate of drug-likeness (QED) is 0.130. The molecule has 2 bridgehead atoms. The molecule has 1 saturated carbocycles. The van der Waals surface area contributed by atoms with Crippen LogP contribution in [0.4, 0.5) is 0 Å². The van der Waals surface area contributed by atoms with Crippen molar-refractivity contribution in [3.05, 3.63) is 47.6 Å². The molecule has 0 radical (unpaired) electrons. The number of ether oxygens (including phenoxy) is 4. The van der Waals surface area contributed by atoms with Gasteiger partial charge in [-0.1, -0.05) is 64.2 Å². The van der Waals surface area contributed by atoms with E-state index in [1.807, 2.05) is 44.2 Å². The van der Waals surface area contributed by atoms with Crippen LogP contribution in [0.15, 0.2) is 47.6 Å². The lowest BCUT2D eigenvalue weighted by atomic mass is 9.80. The number of esters is 1. The van der Waals surface area contributed by atoms with Crippen LogP contribution >= 0.6 is 0 Å². The number of nitrogens with two attached hydrogens (primary N) is 1. The van der Waals surface area contributed by atoms with Gasteiger partial charge < -0.3 is 55.1 Å². The standard InChI is InChI=1S/C49H78N2O13/c1-28-14-10-9-11-15-29(2)40(61-7)26-35-19-17-33(6)49(60,64-35)46(57)47(58)51-21-13-12-16-37(51)48(59)63-41(36(50)24-34-18-20-38(52)42(25-34)62-8)27-39(53)30(3)23-32(5)44(55)45(56)43(54)31(4)22-28/h9-11,14-15,23,28,30-31,33-42,44-45,52-53,55-56,60H,12-13,16-22,24-27,50H2,1-8H3/b11-9?,14-10+,29-15?,32-23+/t28-,30-,31-,33-,34+,35+,36-,37+,38-,39-,40+,41+,42-,44-,45+,49-/m1/s1. The highest BCUT2D eigenvalue weighted by Gasteiger charge is 2.53. The molecule has 4 rings (SSSR count). The number of ketones is 2. The van der Waals surface area contributed by atoms with Gasteiger partial charge in [0.15, 0.2) is 5.78 Å². The number of piperidine rings is 1. The maximum absolute atomic E-state index is 14.3. The second-order valence-corrected chi connectivity index (χ2v) is 19.3. The maximum Gasteiger partial charge on any atom is 0.329 e. The molecule has 1 amide bonds. The Labute approximate surface area is 380 Å². The van der Waals surface area contributed by atoms with Gasteiger partial charge in [0.1, 0.15) is 24.4 Å². The summed E-state index contributed by atoms with van der Waals surface area (Å²) >= 11 is 0. The van der Waals surface area contributed by atoms with Crippen molar-refractivity contribution in [1.29, 1.82) is 0 Å². The molecule has 0 spiro atoms. The Balaban J connectivity index is 1.68. The summed E-state index contributed by atoms with van der Waals surface area (Å²) in [5, 5.41) is 56.1. The van der Waals surface area contributed by atoms with E-state index in [9.17, 15) is 44.7 Å². The maximum atomic E-state index is 14.3. The van der Waals surface area contributed by atoms with Gasteiger partial charge in [0.25, 0.3) is 11.7 Å². The molecule has 7 N–H and O–H groups in total. The van der Waals surface area contributed by atoms with Gasteiger partial charge in [-0.3, -0.25) is 14.4 Å². The molecular weight excluding hydrogens is 825 g/mol. The molecule has 0 aromatic heterocycles. The van der Waals surface area contributed by atoms with E-state index in [0.29, 0.717) is 64.2 Å². The Hall–Kier alpha value is -3.12. The van der Waals surface area contributed by atoms with E-state index >= 15 is 0 Å². The third-order valence-electron chi connectivity index (χ3n) is 14.2. The van der Waals surface area contributed by atoms with Gasteiger partial charge in [0.2, 0.25) is 5.79 Å². The fourth-order valence-corrected chi connectivity index (χ4v) is 9.81. The molecule has 2 saturated heterocycles. The second-order valence-electron chi connectivity index (χ2n) is 19.3. The summed E-state index contributed by atoms with van der Waals surface area (Å²) in [4.78, 5) is 57.1. The normalized spacial score (nSPS) is 40.7. The number of fused-ring (bicyclic) bond motifs is 3. The number of Topliss-reactive ketones (excluding diaryl/α,β-unsaturated/α-hetero) is 2. The van der Waals surface area contributed by atoms with Crippen molar-refractivity contribution < 1.29 is 63.7 Å². The molecule has 3 aliphatic heterocycles. The van der Waals surface area contributed by atoms with Crippen LogP contribution in [0.5, 0.6) is 0 Å². The fraction of sp³-hybridized carbons (Fsp3) is 0.755. The first kappa shape index (κ1) is 53.5. The Morgan fingerprint density at radius 3 is 2.23 bits per heavy atom. The number of allylic oxidation sites excluding steroid dienone is 5. The van der Waals surface area contributed by atoms with Crippen LogP contribution in [-0.2, 0) is 38.1 Å². The number of hydrogen-bond donors (Lipinski definition) is 6. The van der Waals surface area contributed by atoms with Crippen molar-refractivity contribution in [2.75, 3.05) is 20.8 Å². The third kappa shape index (κ3) is 14.0. The van der Waals surface area contributed by atoms with Crippen LogP contribution in [-0.4, -0.2) is 141 Å². The molecule has 1 aliphatic carbocycles. The zero-order chi connectivity index (χ0) is 47.5. The number of aliphatic hydroxyl groups excluding tert-OH is 4. The van der Waals surface area contributed by atoms with Crippen LogP contribution in [0.3, 0.4) is 0 Å². The Morgan fingerprint density at radius 1 is 0.828 bits per heavy atom. The number of carbonyl (C=O) groups excluding carboxylic acids is 4.